The van der Waals surface area contributed by atoms with E-state index in [0.29, 0.717) is 29.5 Å². The summed E-state index contributed by atoms with van der Waals surface area (Å²) >= 11 is 4.62. The van der Waals surface area contributed by atoms with Crippen LogP contribution in [0.4, 0.5) is 14.7 Å². The molecule has 1 aliphatic carbocycles. The first-order valence-corrected chi connectivity index (χ1v) is 12.3. The SMILES string of the molecule is CC(=N)/C=C(\S)N1CC2CC[C@@H](C1)[C@@H]2Nc1nc2n(n1)CCCC2c1ccc(OC(F)F)cc1. The minimum absolute atomic E-state index is 0.0807. The Morgan fingerprint density at radius 3 is 2.56 bits per heavy atom. The maximum Gasteiger partial charge on any atom is 0.387 e. The summed E-state index contributed by atoms with van der Waals surface area (Å²) in [6.07, 6.45) is 6.07. The van der Waals surface area contributed by atoms with Crippen LogP contribution in [0.3, 0.4) is 0 Å². The Morgan fingerprint density at radius 1 is 1.21 bits per heavy atom. The predicted molar refractivity (Wildman–Crippen MR) is 130 cm³/mol. The standard InChI is InChI=1S/C24H30F2N6OS/c1-14(27)11-20(34)31-12-16-4-5-17(13-31)21(16)28-24-29-22-19(3-2-10-32(22)30-24)15-6-8-18(9-7-15)33-23(25)26/h6-9,11,16-17,19,21,23,27,34H,2-5,10,12-13H2,1H3,(H,28,30)/b20-11-,27-14?/t16-,17?,19?,21-/m0/s1. The Hall–Kier alpha value is -2.62. The van der Waals surface area contributed by atoms with Crippen LogP contribution < -0.4 is 10.1 Å². The number of nitrogens with zero attached hydrogens (tertiary/aromatic N) is 4. The number of ether oxygens (including phenoxy) is 1. The predicted octanol–water partition coefficient (Wildman–Crippen LogP) is 4.74. The Labute approximate surface area is 203 Å². The Bertz CT molecular complexity index is 1060. The first kappa shape index (κ1) is 23.1. The highest BCUT2D eigenvalue weighted by Gasteiger charge is 2.43. The molecule has 2 bridgehead atoms. The van der Waals surface area contributed by atoms with Crippen LogP contribution in [0.15, 0.2) is 35.4 Å². The fourth-order valence-corrected chi connectivity index (χ4v) is 6.05. The Balaban J connectivity index is 1.29. The number of aromatic nitrogens is 3. The van der Waals surface area contributed by atoms with E-state index in [0.717, 1.165) is 61.7 Å². The molecule has 34 heavy (non-hydrogen) atoms. The van der Waals surface area contributed by atoms with Crippen LogP contribution in [0, 0.1) is 17.2 Å². The zero-order chi connectivity index (χ0) is 23.8. The maximum atomic E-state index is 12.5. The molecule has 182 valence electrons. The van der Waals surface area contributed by atoms with Crippen LogP contribution in [0.2, 0.25) is 0 Å². The number of hydrogen-bond acceptors (Lipinski definition) is 7. The number of halogens is 2. The molecule has 5 rings (SSSR count). The van der Waals surface area contributed by atoms with E-state index < -0.39 is 6.61 Å². The molecule has 0 radical (unpaired) electrons. The number of likely N-dealkylation sites (tertiary alicyclic amines) is 1. The monoisotopic (exact) mass is 488 g/mol. The van der Waals surface area contributed by atoms with E-state index in [9.17, 15) is 8.78 Å². The van der Waals surface area contributed by atoms with Gasteiger partial charge in [-0.1, -0.05) is 12.1 Å². The third-order valence-electron chi connectivity index (χ3n) is 7.18. The first-order valence-electron chi connectivity index (χ1n) is 11.8. The number of piperidine rings is 1. The van der Waals surface area contributed by atoms with Gasteiger partial charge in [0.15, 0.2) is 0 Å². The molecule has 3 aliphatic rings. The van der Waals surface area contributed by atoms with Crippen molar-refractivity contribution >= 4 is 24.3 Å². The zero-order valence-electron chi connectivity index (χ0n) is 19.1. The number of anilines is 1. The van der Waals surface area contributed by atoms with E-state index >= 15 is 0 Å². The molecule has 2 unspecified atom stereocenters. The van der Waals surface area contributed by atoms with Gasteiger partial charge in [-0.2, -0.15) is 13.8 Å². The van der Waals surface area contributed by atoms with Gasteiger partial charge in [-0.25, -0.2) is 4.68 Å². The van der Waals surface area contributed by atoms with Gasteiger partial charge in [-0.15, -0.1) is 17.7 Å². The summed E-state index contributed by atoms with van der Waals surface area (Å²) in [5, 5.41) is 17.0. The lowest BCUT2D eigenvalue weighted by atomic mass is 9.91. The van der Waals surface area contributed by atoms with E-state index in [1.54, 1.807) is 19.1 Å². The van der Waals surface area contributed by atoms with Gasteiger partial charge in [0.05, 0.1) is 5.03 Å². The Morgan fingerprint density at radius 2 is 1.91 bits per heavy atom. The molecule has 4 atom stereocenters. The molecule has 2 aliphatic heterocycles. The lowest BCUT2D eigenvalue weighted by molar-refractivity contribution is -0.0498. The smallest absolute Gasteiger partial charge is 0.387 e. The van der Waals surface area contributed by atoms with E-state index in [1.807, 2.05) is 22.9 Å². The minimum atomic E-state index is -2.82. The van der Waals surface area contributed by atoms with Gasteiger partial charge in [0.2, 0.25) is 5.95 Å². The largest absolute Gasteiger partial charge is 0.435 e. The number of alkyl halides is 2. The highest BCUT2D eigenvalue weighted by atomic mass is 32.1. The average molecular weight is 489 g/mol. The second kappa shape index (κ2) is 9.56. The molecular formula is C24H30F2N6OS. The van der Waals surface area contributed by atoms with Crippen molar-refractivity contribution < 1.29 is 13.5 Å². The number of benzene rings is 1. The van der Waals surface area contributed by atoms with Gasteiger partial charge in [0.25, 0.3) is 0 Å². The van der Waals surface area contributed by atoms with Gasteiger partial charge in [-0.05, 0) is 68.2 Å². The fourth-order valence-electron chi connectivity index (χ4n) is 5.69. The van der Waals surface area contributed by atoms with E-state index in [-0.39, 0.29) is 11.7 Å². The lowest BCUT2D eigenvalue weighted by Gasteiger charge is -2.39. The van der Waals surface area contributed by atoms with Crippen LogP contribution >= 0.6 is 12.6 Å². The average Bonchev–Trinajstić information content (AvgIpc) is 3.29. The number of hydrogen-bond donors (Lipinski definition) is 3. The number of allylic oxidation sites excluding steroid dienone is 1. The molecule has 2 N–H and O–H groups in total. The zero-order valence-corrected chi connectivity index (χ0v) is 20.0. The fraction of sp³-hybridized carbons (Fsp3) is 0.542. The highest BCUT2D eigenvalue weighted by Crippen LogP contribution is 2.40. The molecule has 1 aromatic heterocycles. The molecule has 1 aromatic carbocycles. The summed E-state index contributed by atoms with van der Waals surface area (Å²) in [6.45, 7) is 1.61. The first-order chi connectivity index (χ1) is 16.4. The summed E-state index contributed by atoms with van der Waals surface area (Å²) < 4.78 is 31.4. The van der Waals surface area contributed by atoms with Crippen molar-refractivity contribution in [1.29, 1.82) is 5.41 Å². The van der Waals surface area contributed by atoms with Crippen molar-refractivity contribution in [2.24, 2.45) is 11.8 Å². The topological polar surface area (TPSA) is 79.1 Å². The number of rotatable bonds is 7. The van der Waals surface area contributed by atoms with Crippen molar-refractivity contribution in [3.05, 3.63) is 46.8 Å². The molecule has 0 amide bonds. The molecule has 10 heteroatoms. The third kappa shape index (κ3) is 4.78. The van der Waals surface area contributed by atoms with Crippen molar-refractivity contribution in [2.45, 2.75) is 57.7 Å². The van der Waals surface area contributed by atoms with E-state index in [4.69, 9.17) is 15.5 Å². The molecule has 2 aromatic rings. The number of thiol groups is 1. The van der Waals surface area contributed by atoms with Crippen molar-refractivity contribution in [3.63, 3.8) is 0 Å². The summed E-state index contributed by atoms with van der Waals surface area (Å²) in [5.74, 6) is 2.81. The number of aryl methyl sites for hydroxylation is 1. The van der Waals surface area contributed by atoms with Crippen molar-refractivity contribution in [2.75, 3.05) is 18.4 Å². The minimum Gasteiger partial charge on any atom is -0.435 e. The Kier molecular flexibility index (Phi) is 6.50. The van der Waals surface area contributed by atoms with Crippen LogP contribution in [0.5, 0.6) is 5.75 Å². The van der Waals surface area contributed by atoms with Gasteiger partial charge in [0.1, 0.15) is 11.6 Å². The number of fused-ring (bicyclic) bond motifs is 3. The van der Waals surface area contributed by atoms with E-state index in [2.05, 4.69) is 27.6 Å². The molecule has 7 nitrogen and oxygen atoms in total. The second-order valence-electron chi connectivity index (χ2n) is 9.52. The van der Waals surface area contributed by atoms with E-state index in [1.165, 1.54) is 0 Å². The third-order valence-corrected chi connectivity index (χ3v) is 7.59. The maximum absolute atomic E-state index is 12.5. The molecule has 2 fully saturated rings. The summed E-state index contributed by atoms with van der Waals surface area (Å²) in [4.78, 5) is 7.17. The van der Waals surface area contributed by atoms with Crippen molar-refractivity contribution in [3.8, 4) is 5.75 Å². The quantitative estimate of drug-likeness (QED) is 0.388. The van der Waals surface area contributed by atoms with Crippen LogP contribution in [0.1, 0.15) is 49.9 Å². The molecule has 1 saturated carbocycles. The molecule has 0 spiro atoms. The van der Waals surface area contributed by atoms with Gasteiger partial charge in [-0.3, -0.25) is 0 Å². The molecular weight excluding hydrogens is 458 g/mol. The molecule has 1 saturated heterocycles. The van der Waals surface area contributed by atoms with Crippen LogP contribution in [0.25, 0.3) is 0 Å². The van der Waals surface area contributed by atoms with Gasteiger partial charge < -0.3 is 20.4 Å². The highest BCUT2D eigenvalue weighted by molar-refractivity contribution is 7.84. The van der Waals surface area contributed by atoms with Gasteiger partial charge >= 0.3 is 6.61 Å². The van der Waals surface area contributed by atoms with Gasteiger partial charge in [0, 0.05) is 37.3 Å². The second-order valence-corrected chi connectivity index (χ2v) is 9.98. The number of nitrogens with one attached hydrogen (secondary N) is 2. The van der Waals surface area contributed by atoms with Crippen LogP contribution in [-0.4, -0.2) is 51.1 Å². The van der Waals surface area contributed by atoms with Crippen molar-refractivity contribution in [1.82, 2.24) is 19.7 Å². The van der Waals surface area contributed by atoms with Crippen LogP contribution in [-0.2, 0) is 6.54 Å². The molecule has 3 heterocycles. The lowest BCUT2D eigenvalue weighted by Crippen LogP contribution is -2.47. The summed E-state index contributed by atoms with van der Waals surface area (Å²) in [5.41, 5.74) is 1.54. The normalized spacial score (nSPS) is 26.5. The summed E-state index contributed by atoms with van der Waals surface area (Å²) in [6, 6.07) is 7.19. The summed E-state index contributed by atoms with van der Waals surface area (Å²) in [7, 11) is 0.